The first-order valence-corrected chi connectivity index (χ1v) is 4.89. The van der Waals surface area contributed by atoms with E-state index in [-0.39, 0.29) is 0 Å². The van der Waals surface area contributed by atoms with Crippen LogP contribution in [-0.2, 0) is 4.74 Å². The van der Waals surface area contributed by atoms with Gasteiger partial charge in [0.25, 0.3) is 0 Å². The van der Waals surface area contributed by atoms with Crippen LogP contribution in [0.2, 0.25) is 0 Å². The van der Waals surface area contributed by atoms with Crippen molar-refractivity contribution >= 4 is 22.9 Å². The number of aromatic amines is 1. The molecule has 5 nitrogen and oxygen atoms in total. The summed E-state index contributed by atoms with van der Waals surface area (Å²) in [5, 5.41) is 16.1. The third kappa shape index (κ3) is 2.01. The van der Waals surface area contributed by atoms with E-state index in [4.69, 9.17) is 5.26 Å². The highest BCUT2D eigenvalue weighted by Crippen LogP contribution is 2.18. The number of allylic oxidation sites excluding steroid dienone is 1. The molecule has 0 aliphatic rings. The van der Waals surface area contributed by atoms with Gasteiger partial charge in [-0.05, 0) is 24.3 Å². The van der Waals surface area contributed by atoms with Crippen molar-refractivity contribution in [2.24, 2.45) is 0 Å². The lowest BCUT2D eigenvalue weighted by molar-refractivity contribution is 0.0601. The molecule has 1 N–H and O–H groups in total. The van der Waals surface area contributed by atoms with E-state index >= 15 is 0 Å². The quantitative estimate of drug-likeness (QED) is 0.627. The first-order chi connectivity index (χ1) is 8.26. The minimum absolute atomic E-state index is 0.393. The lowest BCUT2D eigenvalue weighted by Crippen LogP contribution is -2.00. The number of esters is 1. The number of benzene rings is 1. The normalized spacial score (nSPS) is 10.6. The van der Waals surface area contributed by atoms with Gasteiger partial charge in [0.15, 0.2) is 0 Å². The topological polar surface area (TPSA) is 78.8 Å². The van der Waals surface area contributed by atoms with Crippen molar-refractivity contribution in [3.05, 3.63) is 35.5 Å². The average molecular weight is 227 g/mol. The predicted octanol–water partition coefficient (Wildman–Crippen LogP) is 1.89. The maximum absolute atomic E-state index is 11.3. The molecule has 0 amide bonds. The van der Waals surface area contributed by atoms with Crippen molar-refractivity contribution in [3.63, 3.8) is 0 Å². The van der Waals surface area contributed by atoms with E-state index in [2.05, 4.69) is 14.9 Å². The molecule has 0 spiro atoms. The molecule has 0 radical (unpaired) electrons. The number of hydrogen-bond acceptors (Lipinski definition) is 4. The van der Waals surface area contributed by atoms with Gasteiger partial charge in [0.05, 0.1) is 30.0 Å². The number of methoxy groups -OCH3 is 1. The van der Waals surface area contributed by atoms with Crippen molar-refractivity contribution in [1.82, 2.24) is 10.2 Å². The molecule has 5 heteroatoms. The Morgan fingerprint density at radius 3 is 3.12 bits per heavy atom. The van der Waals surface area contributed by atoms with Gasteiger partial charge in [-0.2, -0.15) is 10.4 Å². The minimum Gasteiger partial charge on any atom is -0.465 e. The molecule has 0 atom stereocenters. The molecule has 0 aliphatic heterocycles. The zero-order valence-corrected chi connectivity index (χ0v) is 9.10. The maximum Gasteiger partial charge on any atom is 0.337 e. The number of carbonyl (C=O) groups is 1. The summed E-state index contributed by atoms with van der Waals surface area (Å²) in [6.07, 6.45) is 2.96. The molecule has 1 aromatic carbocycles. The van der Waals surface area contributed by atoms with Crippen LogP contribution in [0.3, 0.4) is 0 Å². The summed E-state index contributed by atoms with van der Waals surface area (Å²) in [7, 11) is 1.33. The summed E-state index contributed by atoms with van der Waals surface area (Å²) in [4.78, 5) is 11.3. The Kier molecular flexibility index (Phi) is 2.88. The summed E-state index contributed by atoms with van der Waals surface area (Å²) in [6, 6.07) is 6.99. The fraction of sp³-hybridized carbons (Fsp3) is 0.0833. The van der Waals surface area contributed by atoms with Crippen molar-refractivity contribution in [1.29, 1.82) is 5.26 Å². The van der Waals surface area contributed by atoms with Crippen LogP contribution in [0.4, 0.5) is 0 Å². The molecule has 0 bridgehead atoms. The Hall–Kier alpha value is -2.61. The summed E-state index contributed by atoms with van der Waals surface area (Å²) < 4.78 is 4.63. The second-order valence-corrected chi connectivity index (χ2v) is 3.32. The van der Waals surface area contributed by atoms with Crippen molar-refractivity contribution < 1.29 is 9.53 Å². The third-order valence-corrected chi connectivity index (χ3v) is 2.33. The summed E-state index contributed by atoms with van der Waals surface area (Å²) in [5.41, 5.74) is 1.85. The number of nitrogens with one attached hydrogen (secondary N) is 1. The van der Waals surface area contributed by atoms with Gasteiger partial charge in [-0.25, -0.2) is 4.79 Å². The zero-order valence-electron chi connectivity index (χ0n) is 9.10. The highest BCUT2D eigenvalue weighted by Gasteiger charge is 2.08. The standard InChI is InChI=1S/C12H9N3O2/c1-17-12(16)8-4-5-9-10(3-2-6-13)14-15-11(9)7-8/h2-5,7H,1H3,(H,14,15). The van der Waals surface area contributed by atoms with E-state index in [0.717, 1.165) is 10.9 Å². The number of nitrogens with zero attached hydrogens (tertiary/aromatic N) is 2. The number of H-pyrrole nitrogens is 1. The van der Waals surface area contributed by atoms with Crippen molar-refractivity contribution in [3.8, 4) is 6.07 Å². The smallest absolute Gasteiger partial charge is 0.337 e. The number of fused-ring (bicyclic) bond motifs is 1. The van der Waals surface area contributed by atoms with Crippen LogP contribution in [-0.4, -0.2) is 23.3 Å². The predicted molar refractivity (Wildman–Crippen MR) is 62.1 cm³/mol. The van der Waals surface area contributed by atoms with E-state index in [1.54, 1.807) is 24.3 Å². The number of carbonyl (C=O) groups excluding carboxylic acids is 1. The summed E-state index contributed by atoms with van der Waals surface area (Å²) in [6.45, 7) is 0. The van der Waals surface area contributed by atoms with Crippen LogP contribution in [0.25, 0.3) is 17.0 Å². The third-order valence-electron chi connectivity index (χ3n) is 2.33. The Balaban J connectivity index is 2.49. The minimum atomic E-state index is -0.393. The van der Waals surface area contributed by atoms with Gasteiger partial charge >= 0.3 is 5.97 Å². The van der Waals surface area contributed by atoms with E-state index < -0.39 is 5.97 Å². The second-order valence-electron chi connectivity index (χ2n) is 3.32. The van der Waals surface area contributed by atoms with Gasteiger partial charge in [0.2, 0.25) is 0 Å². The summed E-state index contributed by atoms with van der Waals surface area (Å²) >= 11 is 0. The highest BCUT2D eigenvalue weighted by atomic mass is 16.5. The first-order valence-electron chi connectivity index (χ1n) is 4.89. The van der Waals surface area contributed by atoms with Gasteiger partial charge in [-0.3, -0.25) is 5.10 Å². The zero-order chi connectivity index (χ0) is 12.3. The Morgan fingerprint density at radius 1 is 1.59 bits per heavy atom. The van der Waals surface area contributed by atoms with E-state index in [9.17, 15) is 4.79 Å². The van der Waals surface area contributed by atoms with Gasteiger partial charge in [0, 0.05) is 11.5 Å². The van der Waals surface area contributed by atoms with Crippen molar-refractivity contribution in [2.45, 2.75) is 0 Å². The molecule has 0 saturated heterocycles. The van der Waals surface area contributed by atoms with E-state index in [1.807, 2.05) is 6.07 Å². The fourth-order valence-electron chi connectivity index (χ4n) is 1.53. The van der Waals surface area contributed by atoms with Gasteiger partial charge in [0.1, 0.15) is 0 Å². The van der Waals surface area contributed by atoms with Crippen LogP contribution < -0.4 is 0 Å². The second kappa shape index (κ2) is 4.49. The monoisotopic (exact) mass is 227 g/mol. The summed E-state index contributed by atoms with van der Waals surface area (Å²) in [5.74, 6) is -0.393. The highest BCUT2D eigenvalue weighted by molar-refractivity contribution is 5.96. The maximum atomic E-state index is 11.3. The molecule has 2 aromatic rings. The van der Waals surface area contributed by atoms with Crippen LogP contribution in [0.15, 0.2) is 24.3 Å². The molecule has 2 rings (SSSR count). The number of nitriles is 1. The molecule has 84 valence electrons. The van der Waals surface area contributed by atoms with Crippen LogP contribution >= 0.6 is 0 Å². The molecular weight excluding hydrogens is 218 g/mol. The molecule has 0 saturated carbocycles. The molecule has 1 heterocycles. The van der Waals surface area contributed by atoms with E-state index in [1.165, 1.54) is 13.2 Å². The lowest BCUT2D eigenvalue weighted by atomic mass is 10.1. The number of ether oxygens (including phenoxy) is 1. The van der Waals surface area contributed by atoms with Gasteiger partial charge in [-0.1, -0.05) is 0 Å². The molecule has 17 heavy (non-hydrogen) atoms. The average Bonchev–Trinajstić information content (AvgIpc) is 2.77. The van der Waals surface area contributed by atoms with Crippen LogP contribution in [0.1, 0.15) is 16.1 Å². The van der Waals surface area contributed by atoms with Crippen molar-refractivity contribution in [2.75, 3.05) is 7.11 Å². The molecule has 0 aliphatic carbocycles. The molecule has 0 unspecified atom stereocenters. The fourth-order valence-corrected chi connectivity index (χ4v) is 1.53. The number of aromatic nitrogens is 2. The first kappa shape index (κ1) is 10.9. The van der Waals surface area contributed by atoms with Gasteiger partial charge < -0.3 is 4.74 Å². The molecule has 0 fully saturated rings. The lowest BCUT2D eigenvalue weighted by Gasteiger charge is -1.98. The Labute approximate surface area is 97.3 Å². The van der Waals surface area contributed by atoms with Crippen LogP contribution in [0, 0.1) is 11.3 Å². The Morgan fingerprint density at radius 2 is 2.41 bits per heavy atom. The number of rotatable bonds is 2. The van der Waals surface area contributed by atoms with E-state index in [0.29, 0.717) is 11.3 Å². The Bertz CT molecular complexity index is 635. The van der Waals surface area contributed by atoms with Crippen LogP contribution in [0.5, 0.6) is 0 Å². The SMILES string of the molecule is COC(=O)c1ccc2c(C=CC#N)n[nH]c2c1. The molecular formula is C12H9N3O2. The molecule has 1 aromatic heterocycles. The van der Waals surface area contributed by atoms with Gasteiger partial charge in [-0.15, -0.1) is 0 Å². The largest absolute Gasteiger partial charge is 0.465 e. The number of hydrogen-bond donors (Lipinski definition) is 1.